The molecule has 0 saturated heterocycles. The van der Waals surface area contributed by atoms with Crippen LogP contribution in [0.5, 0.6) is 0 Å². The quantitative estimate of drug-likeness (QED) is 0.864. The van der Waals surface area contributed by atoms with E-state index in [1.54, 1.807) is 30.5 Å². The highest BCUT2D eigenvalue weighted by molar-refractivity contribution is 5.95. The third kappa shape index (κ3) is 1.92. The van der Waals surface area contributed by atoms with Gasteiger partial charge in [0.05, 0.1) is 23.6 Å². The lowest BCUT2D eigenvalue weighted by molar-refractivity contribution is 0.0697. The minimum absolute atomic E-state index is 0.232. The van der Waals surface area contributed by atoms with Crippen LogP contribution < -0.4 is 0 Å². The van der Waals surface area contributed by atoms with Crippen molar-refractivity contribution in [1.82, 2.24) is 9.55 Å². The number of fused-ring (bicyclic) bond motifs is 1. The van der Waals surface area contributed by atoms with Gasteiger partial charge in [-0.15, -0.1) is 0 Å². The molecule has 3 rings (SSSR count). The molecular weight excluding hydrogens is 244 g/mol. The van der Waals surface area contributed by atoms with Crippen LogP contribution in [0, 0.1) is 0 Å². The van der Waals surface area contributed by atoms with Gasteiger partial charge in [-0.2, -0.15) is 0 Å². The summed E-state index contributed by atoms with van der Waals surface area (Å²) in [5.74, 6) is -0.351. The Morgan fingerprint density at radius 3 is 2.95 bits per heavy atom. The molecule has 1 atom stereocenters. The number of benzene rings is 1. The minimum atomic E-state index is -0.968. The number of hydrogen-bond acceptors (Lipinski definition) is 3. The Morgan fingerprint density at radius 1 is 1.37 bits per heavy atom. The van der Waals surface area contributed by atoms with Crippen LogP contribution in [-0.4, -0.2) is 25.7 Å². The third-order valence-corrected chi connectivity index (χ3v) is 3.49. The monoisotopic (exact) mass is 258 g/mol. The normalized spacial score (nSPS) is 18.1. The molecule has 0 aliphatic carbocycles. The van der Waals surface area contributed by atoms with Crippen LogP contribution in [0.2, 0.25) is 0 Å². The molecule has 0 fully saturated rings. The molecular formula is C14H14N2O3. The highest BCUT2D eigenvalue weighted by Gasteiger charge is 2.23. The molecule has 0 amide bonds. The van der Waals surface area contributed by atoms with Gasteiger partial charge in [0.1, 0.15) is 5.82 Å². The second kappa shape index (κ2) is 4.51. The van der Waals surface area contributed by atoms with Crippen molar-refractivity contribution in [3.63, 3.8) is 0 Å². The van der Waals surface area contributed by atoms with Crippen molar-refractivity contribution in [2.45, 2.75) is 25.5 Å². The van der Waals surface area contributed by atoms with E-state index < -0.39 is 12.1 Å². The summed E-state index contributed by atoms with van der Waals surface area (Å²) in [6.45, 7) is 0.760. The van der Waals surface area contributed by atoms with Gasteiger partial charge in [-0.1, -0.05) is 18.2 Å². The zero-order valence-electron chi connectivity index (χ0n) is 10.3. The van der Waals surface area contributed by atoms with E-state index in [1.807, 2.05) is 4.57 Å². The molecule has 5 nitrogen and oxygen atoms in total. The number of aliphatic hydroxyl groups excluding tert-OH is 1. The Morgan fingerprint density at radius 2 is 2.16 bits per heavy atom. The first-order chi connectivity index (χ1) is 9.18. The van der Waals surface area contributed by atoms with Crippen molar-refractivity contribution in [2.75, 3.05) is 0 Å². The number of carboxylic acid groups (broad SMARTS) is 1. The molecule has 2 aromatic rings. The zero-order chi connectivity index (χ0) is 13.4. The van der Waals surface area contributed by atoms with Crippen LogP contribution in [0.4, 0.5) is 0 Å². The van der Waals surface area contributed by atoms with Gasteiger partial charge in [0.15, 0.2) is 0 Å². The van der Waals surface area contributed by atoms with Crippen LogP contribution in [0.1, 0.15) is 35.0 Å². The number of aromatic carboxylic acids is 1. The van der Waals surface area contributed by atoms with Crippen molar-refractivity contribution in [3.05, 3.63) is 41.7 Å². The standard InChI is InChI=1S/C14H14N2O3/c17-12-6-3-7-16-11(12)8-15-13(16)9-4-1-2-5-10(9)14(18)19/h1-2,4-5,8,12,17H,3,6-7H2,(H,18,19). The first kappa shape index (κ1) is 11.9. The van der Waals surface area contributed by atoms with Gasteiger partial charge in [-0.05, 0) is 18.9 Å². The van der Waals surface area contributed by atoms with Gasteiger partial charge < -0.3 is 14.8 Å². The summed E-state index contributed by atoms with van der Waals surface area (Å²) in [7, 11) is 0. The largest absolute Gasteiger partial charge is 0.478 e. The lowest BCUT2D eigenvalue weighted by Gasteiger charge is -2.21. The average Bonchev–Trinajstić information content (AvgIpc) is 2.84. The van der Waals surface area contributed by atoms with Crippen LogP contribution in [0.3, 0.4) is 0 Å². The van der Waals surface area contributed by atoms with E-state index in [1.165, 1.54) is 0 Å². The lowest BCUT2D eigenvalue weighted by atomic mass is 10.0. The molecule has 19 heavy (non-hydrogen) atoms. The molecule has 1 unspecified atom stereocenters. The smallest absolute Gasteiger partial charge is 0.336 e. The van der Waals surface area contributed by atoms with Crippen molar-refractivity contribution < 1.29 is 15.0 Å². The van der Waals surface area contributed by atoms with Crippen LogP contribution in [-0.2, 0) is 6.54 Å². The van der Waals surface area contributed by atoms with Gasteiger partial charge in [-0.3, -0.25) is 0 Å². The summed E-state index contributed by atoms with van der Waals surface area (Å²) >= 11 is 0. The number of imidazole rings is 1. The number of aliphatic hydroxyl groups is 1. The maximum atomic E-state index is 11.3. The fraction of sp³-hybridized carbons (Fsp3) is 0.286. The molecule has 1 aliphatic rings. The zero-order valence-corrected chi connectivity index (χ0v) is 10.3. The van der Waals surface area contributed by atoms with Gasteiger partial charge in [-0.25, -0.2) is 9.78 Å². The van der Waals surface area contributed by atoms with Crippen LogP contribution in [0.15, 0.2) is 30.5 Å². The third-order valence-electron chi connectivity index (χ3n) is 3.49. The molecule has 0 radical (unpaired) electrons. The summed E-state index contributed by atoms with van der Waals surface area (Å²) in [5, 5.41) is 19.2. The first-order valence-corrected chi connectivity index (χ1v) is 6.24. The van der Waals surface area contributed by atoms with Crippen molar-refractivity contribution >= 4 is 5.97 Å². The molecule has 0 saturated carbocycles. The number of hydrogen-bond donors (Lipinski definition) is 2. The Bertz CT molecular complexity index is 633. The molecule has 2 heterocycles. The molecule has 1 aliphatic heterocycles. The molecule has 0 bridgehead atoms. The van der Waals surface area contributed by atoms with Crippen LogP contribution in [0.25, 0.3) is 11.4 Å². The predicted molar refractivity (Wildman–Crippen MR) is 68.8 cm³/mol. The molecule has 5 heteroatoms. The molecule has 1 aromatic carbocycles. The highest BCUT2D eigenvalue weighted by Crippen LogP contribution is 2.31. The van der Waals surface area contributed by atoms with Crippen molar-refractivity contribution in [3.8, 4) is 11.4 Å². The Hall–Kier alpha value is -2.14. The van der Waals surface area contributed by atoms with E-state index in [0.29, 0.717) is 11.4 Å². The number of carbonyl (C=O) groups is 1. The number of nitrogens with zero attached hydrogens (tertiary/aromatic N) is 2. The summed E-state index contributed by atoms with van der Waals surface area (Å²) < 4.78 is 1.91. The fourth-order valence-electron chi connectivity index (χ4n) is 2.56. The second-order valence-corrected chi connectivity index (χ2v) is 4.67. The summed E-state index contributed by atoms with van der Waals surface area (Å²) in [4.78, 5) is 15.6. The second-order valence-electron chi connectivity index (χ2n) is 4.67. The Balaban J connectivity index is 2.16. The SMILES string of the molecule is O=C(O)c1ccccc1-c1ncc2n1CCCC2O. The average molecular weight is 258 g/mol. The Kier molecular flexibility index (Phi) is 2.83. The van der Waals surface area contributed by atoms with Gasteiger partial charge in [0.2, 0.25) is 0 Å². The topological polar surface area (TPSA) is 75.3 Å². The maximum absolute atomic E-state index is 11.3. The number of rotatable bonds is 2. The van der Waals surface area contributed by atoms with Gasteiger partial charge >= 0.3 is 5.97 Å². The molecule has 1 aromatic heterocycles. The minimum Gasteiger partial charge on any atom is -0.478 e. The Labute approximate surface area is 110 Å². The van der Waals surface area contributed by atoms with E-state index in [4.69, 9.17) is 0 Å². The predicted octanol–water partition coefficient (Wildman–Crippen LogP) is 2.08. The van der Waals surface area contributed by atoms with Crippen molar-refractivity contribution in [2.24, 2.45) is 0 Å². The van der Waals surface area contributed by atoms with Gasteiger partial charge in [0.25, 0.3) is 0 Å². The first-order valence-electron chi connectivity index (χ1n) is 6.24. The lowest BCUT2D eigenvalue weighted by Crippen LogP contribution is -2.16. The number of aromatic nitrogens is 2. The maximum Gasteiger partial charge on any atom is 0.336 e. The summed E-state index contributed by atoms with van der Waals surface area (Å²) in [6, 6.07) is 6.81. The molecule has 0 spiro atoms. The van der Waals surface area contributed by atoms with Gasteiger partial charge in [0, 0.05) is 12.1 Å². The fourth-order valence-corrected chi connectivity index (χ4v) is 2.56. The summed E-state index contributed by atoms with van der Waals surface area (Å²) in [5.41, 5.74) is 1.59. The van der Waals surface area contributed by atoms with E-state index in [-0.39, 0.29) is 5.56 Å². The highest BCUT2D eigenvalue weighted by atomic mass is 16.4. The van der Waals surface area contributed by atoms with E-state index in [0.717, 1.165) is 25.1 Å². The number of carboxylic acids is 1. The van der Waals surface area contributed by atoms with Crippen molar-refractivity contribution in [1.29, 1.82) is 0 Å². The van der Waals surface area contributed by atoms with E-state index in [9.17, 15) is 15.0 Å². The summed E-state index contributed by atoms with van der Waals surface area (Å²) in [6.07, 6.45) is 2.72. The molecule has 2 N–H and O–H groups in total. The van der Waals surface area contributed by atoms with E-state index in [2.05, 4.69) is 4.98 Å². The van der Waals surface area contributed by atoms with Crippen LogP contribution >= 0.6 is 0 Å². The molecule has 98 valence electrons. The van der Waals surface area contributed by atoms with E-state index >= 15 is 0 Å².